The van der Waals surface area contributed by atoms with Crippen LogP contribution in [0.4, 0.5) is 10.1 Å². The molecule has 3 unspecified atom stereocenters. The number of fused-ring (bicyclic) bond motifs is 2. The van der Waals surface area contributed by atoms with Crippen LogP contribution in [0.3, 0.4) is 0 Å². The van der Waals surface area contributed by atoms with Gasteiger partial charge in [-0.15, -0.1) is 0 Å². The first kappa shape index (κ1) is 20.8. The van der Waals surface area contributed by atoms with Crippen LogP contribution in [0.2, 0.25) is 0 Å². The lowest BCUT2D eigenvalue weighted by molar-refractivity contribution is -0.120. The van der Waals surface area contributed by atoms with Crippen molar-refractivity contribution in [2.24, 2.45) is 23.7 Å². The average Bonchev–Trinajstić information content (AvgIpc) is 3.15. The molecule has 2 aromatic carbocycles. The second-order valence-corrected chi connectivity index (χ2v) is 9.37. The van der Waals surface area contributed by atoms with E-state index in [1.807, 2.05) is 43.5 Å². The highest BCUT2D eigenvalue weighted by molar-refractivity contribution is 5.92. The summed E-state index contributed by atoms with van der Waals surface area (Å²) < 4.78 is 21.7. The number of anilines is 1. The number of nitrogens with one attached hydrogen (secondary N) is 1. The molecule has 2 saturated carbocycles. The second kappa shape index (κ2) is 8.24. The van der Waals surface area contributed by atoms with Crippen molar-refractivity contribution >= 4 is 22.5 Å². The van der Waals surface area contributed by atoms with Gasteiger partial charge in [-0.3, -0.25) is 9.78 Å². The molecule has 0 spiro atoms. The van der Waals surface area contributed by atoms with Crippen molar-refractivity contribution in [1.29, 1.82) is 0 Å². The molecule has 172 valence electrons. The predicted octanol–water partition coefficient (Wildman–Crippen LogP) is 5.24. The van der Waals surface area contributed by atoms with Crippen LogP contribution in [0.1, 0.15) is 19.8 Å². The molecule has 0 radical (unpaired) electrons. The van der Waals surface area contributed by atoms with Gasteiger partial charge in [0.05, 0.1) is 35.4 Å². The third kappa shape index (κ3) is 3.81. The van der Waals surface area contributed by atoms with Gasteiger partial charge in [-0.25, -0.2) is 9.07 Å². The van der Waals surface area contributed by atoms with E-state index in [1.165, 1.54) is 12.1 Å². The molecular formula is C27H25FN4O2. The first-order chi connectivity index (χ1) is 16.6. The minimum absolute atomic E-state index is 0.0279. The number of aromatic nitrogens is 3. The zero-order chi connectivity index (χ0) is 23.2. The molecule has 6 nitrogen and oxygen atoms in total. The topological polar surface area (TPSA) is 69.0 Å². The number of ether oxygens (including phenoxy) is 1. The Kier molecular flexibility index (Phi) is 5.05. The summed E-state index contributed by atoms with van der Waals surface area (Å²) in [5, 5.41) is 8.07. The highest BCUT2D eigenvalue weighted by atomic mass is 19.1. The van der Waals surface area contributed by atoms with Gasteiger partial charge in [0.1, 0.15) is 11.6 Å². The summed E-state index contributed by atoms with van der Waals surface area (Å²) >= 11 is 0. The van der Waals surface area contributed by atoms with Gasteiger partial charge in [-0.1, -0.05) is 25.1 Å². The van der Waals surface area contributed by atoms with Gasteiger partial charge < -0.3 is 10.1 Å². The van der Waals surface area contributed by atoms with Crippen LogP contribution in [0, 0.1) is 29.5 Å². The highest BCUT2D eigenvalue weighted by Crippen LogP contribution is 2.61. The Labute approximate surface area is 196 Å². The van der Waals surface area contributed by atoms with Crippen LogP contribution >= 0.6 is 0 Å². The fraction of sp³-hybridized carbons (Fsp3) is 0.296. The first-order valence-electron chi connectivity index (χ1n) is 11.7. The van der Waals surface area contributed by atoms with Gasteiger partial charge in [0.2, 0.25) is 5.91 Å². The van der Waals surface area contributed by atoms with E-state index in [9.17, 15) is 9.18 Å². The summed E-state index contributed by atoms with van der Waals surface area (Å²) in [7, 11) is 0. The molecule has 0 saturated heterocycles. The summed E-state index contributed by atoms with van der Waals surface area (Å²) in [6.45, 7) is 2.01. The number of pyridine rings is 1. The first-order valence-corrected chi connectivity index (χ1v) is 11.7. The number of benzene rings is 2. The second-order valence-electron chi connectivity index (χ2n) is 9.37. The fourth-order valence-corrected chi connectivity index (χ4v) is 5.60. The summed E-state index contributed by atoms with van der Waals surface area (Å²) in [6.07, 6.45) is 7.12. The quantitative estimate of drug-likeness (QED) is 0.431. The van der Waals surface area contributed by atoms with Crippen LogP contribution in [0.5, 0.6) is 5.75 Å². The monoisotopic (exact) mass is 456 g/mol. The van der Waals surface area contributed by atoms with Crippen molar-refractivity contribution in [1.82, 2.24) is 14.8 Å². The molecule has 0 aliphatic heterocycles. The lowest BCUT2D eigenvalue weighted by Gasteiger charge is -2.20. The largest absolute Gasteiger partial charge is 0.490 e. The minimum Gasteiger partial charge on any atom is -0.490 e. The summed E-state index contributed by atoms with van der Waals surface area (Å²) in [4.78, 5) is 17.2. The molecule has 7 heteroatoms. The van der Waals surface area contributed by atoms with Gasteiger partial charge in [0.15, 0.2) is 0 Å². The molecule has 1 N–H and O–H groups in total. The van der Waals surface area contributed by atoms with Crippen molar-refractivity contribution in [3.05, 3.63) is 79.0 Å². The molecule has 2 aromatic heterocycles. The molecular weight excluding hydrogens is 431 g/mol. The third-order valence-corrected chi connectivity index (χ3v) is 7.29. The average molecular weight is 457 g/mol. The van der Waals surface area contributed by atoms with Crippen LogP contribution in [-0.4, -0.2) is 26.8 Å². The van der Waals surface area contributed by atoms with E-state index >= 15 is 0 Å². The molecule has 2 aliphatic rings. The zero-order valence-electron chi connectivity index (χ0n) is 18.8. The minimum atomic E-state index is -0.297. The number of hydrogen-bond donors (Lipinski definition) is 1. The van der Waals surface area contributed by atoms with Crippen LogP contribution in [-0.2, 0) is 4.79 Å². The fourth-order valence-electron chi connectivity index (χ4n) is 5.60. The summed E-state index contributed by atoms with van der Waals surface area (Å²) in [6, 6.07) is 16.2. The van der Waals surface area contributed by atoms with E-state index in [-0.39, 0.29) is 23.7 Å². The van der Waals surface area contributed by atoms with Crippen LogP contribution in [0.15, 0.2) is 73.2 Å². The van der Waals surface area contributed by atoms with Crippen molar-refractivity contribution in [3.8, 4) is 11.4 Å². The number of carbonyl (C=O) groups excluding carboxylic acids is 1. The van der Waals surface area contributed by atoms with Gasteiger partial charge in [0.25, 0.3) is 0 Å². The Hall–Kier alpha value is -3.74. The smallest absolute Gasteiger partial charge is 0.227 e. The Balaban J connectivity index is 1.06. The molecule has 0 bridgehead atoms. The SMILES string of the molecule is CC(C(=O)Nc1cnn(-c2ccccc2)c1)C1[C@H]2CC(Oc3ccnc4ccc(F)cc34)C[C@@H]12. The van der Waals surface area contributed by atoms with Crippen LogP contribution < -0.4 is 10.1 Å². The van der Waals surface area contributed by atoms with E-state index in [1.54, 1.807) is 29.2 Å². The maximum Gasteiger partial charge on any atom is 0.227 e. The number of carbonyl (C=O) groups is 1. The van der Waals surface area contributed by atoms with Crippen molar-refractivity contribution in [2.45, 2.75) is 25.9 Å². The highest BCUT2D eigenvalue weighted by Gasteiger charge is 2.59. The number of nitrogens with zero attached hydrogens (tertiary/aromatic N) is 3. The van der Waals surface area contributed by atoms with Crippen molar-refractivity contribution in [2.75, 3.05) is 5.32 Å². The zero-order valence-corrected chi connectivity index (χ0v) is 18.8. The van der Waals surface area contributed by atoms with E-state index < -0.39 is 0 Å². The maximum atomic E-state index is 13.7. The molecule has 4 aromatic rings. The molecule has 2 aliphatic carbocycles. The van der Waals surface area contributed by atoms with Gasteiger partial charge in [-0.2, -0.15) is 5.10 Å². The van der Waals surface area contributed by atoms with Crippen LogP contribution in [0.25, 0.3) is 16.6 Å². The van der Waals surface area contributed by atoms with Crippen molar-refractivity contribution in [3.63, 3.8) is 0 Å². The molecule has 6 rings (SSSR count). The third-order valence-electron chi connectivity index (χ3n) is 7.29. The molecule has 1 amide bonds. The summed E-state index contributed by atoms with van der Waals surface area (Å²) in [5.74, 6) is 1.68. The van der Waals surface area contributed by atoms with E-state index in [0.717, 1.165) is 24.0 Å². The predicted molar refractivity (Wildman–Crippen MR) is 127 cm³/mol. The number of hydrogen-bond acceptors (Lipinski definition) is 4. The number of halogens is 1. The number of amides is 1. The maximum absolute atomic E-state index is 13.7. The normalized spacial score (nSPS) is 23.9. The Morgan fingerprint density at radius 3 is 2.74 bits per heavy atom. The number of para-hydroxylation sites is 1. The molecule has 2 heterocycles. The van der Waals surface area contributed by atoms with E-state index in [0.29, 0.717) is 34.6 Å². The molecule has 2 fully saturated rings. The number of rotatable bonds is 6. The van der Waals surface area contributed by atoms with Gasteiger partial charge >= 0.3 is 0 Å². The van der Waals surface area contributed by atoms with Gasteiger partial charge in [0, 0.05) is 17.5 Å². The molecule has 34 heavy (non-hydrogen) atoms. The lowest BCUT2D eigenvalue weighted by Crippen LogP contribution is -2.25. The lowest BCUT2D eigenvalue weighted by atomic mass is 9.97. The van der Waals surface area contributed by atoms with E-state index in [4.69, 9.17) is 4.74 Å². The summed E-state index contributed by atoms with van der Waals surface area (Å²) in [5.41, 5.74) is 2.37. The Morgan fingerprint density at radius 1 is 1.15 bits per heavy atom. The Morgan fingerprint density at radius 2 is 1.94 bits per heavy atom. The Bertz CT molecular complexity index is 1340. The van der Waals surface area contributed by atoms with Crippen molar-refractivity contribution < 1.29 is 13.9 Å². The standard InChI is InChI=1S/C27H25FN4O2/c1-16(27(33)31-18-14-30-32(15-18)19-5-3-2-4-6-19)26-21-12-20(13-22(21)26)34-25-9-10-29-24-8-7-17(28)11-23(24)25/h2-11,14-16,20-22,26H,12-13H2,1H3,(H,31,33)/t16?,20?,21-,22+,26?. The van der Waals surface area contributed by atoms with E-state index in [2.05, 4.69) is 15.4 Å². The van der Waals surface area contributed by atoms with Gasteiger partial charge in [-0.05, 0) is 67.0 Å². The molecule has 5 atom stereocenters.